The molecule has 2 heterocycles. The van der Waals surface area contributed by atoms with Gasteiger partial charge in [-0.15, -0.1) is 0 Å². The summed E-state index contributed by atoms with van der Waals surface area (Å²) >= 11 is 0. The lowest BCUT2D eigenvalue weighted by molar-refractivity contribution is 0.298. The van der Waals surface area contributed by atoms with E-state index in [2.05, 4.69) is 48.7 Å². The van der Waals surface area contributed by atoms with Crippen LogP contribution in [0.1, 0.15) is 36.7 Å². The van der Waals surface area contributed by atoms with E-state index in [4.69, 9.17) is 0 Å². The third-order valence-electron chi connectivity index (χ3n) is 4.25. The van der Waals surface area contributed by atoms with Gasteiger partial charge in [0.25, 0.3) is 0 Å². The minimum Gasteiger partial charge on any atom is -0.352 e. The molecule has 1 aromatic heterocycles. The molecule has 0 spiro atoms. The van der Waals surface area contributed by atoms with Gasteiger partial charge in [-0.1, -0.05) is 0 Å². The Labute approximate surface area is 111 Å². The van der Waals surface area contributed by atoms with Crippen LogP contribution >= 0.6 is 0 Å². The SMILES string of the molecule is Cc1cc(CNC(C)CN2CCCC2)c(C)n1C. The van der Waals surface area contributed by atoms with Gasteiger partial charge in [-0.2, -0.15) is 0 Å². The van der Waals surface area contributed by atoms with Gasteiger partial charge in [0.1, 0.15) is 0 Å². The van der Waals surface area contributed by atoms with Crippen LogP contribution in [0.5, 0.6) is 0 Å². The van der Waals surface area contributed by atoms with Crippen LogP contribution in [0, 0.1) is 13.8 Å². The first-order valence-electron chi connectivity index (χ1n) is 7.15. The van der Waals surface area contributed by atoms with Gasteiger partial charge >= 0.3 is 0 Å². The third-order valence-corrected chi connectivity index (χ3v) is 4.25. The summed E-state index contributed by atoms with van der Waals surface area (Å²) in [7, 11) is 2.14. The zero-order valence-electron chi connectivity index (χ0n) is 12.3. The zero-order chi connectivity index (χ0) is 13.1. The fraction of sp³-hybridized carbons (Fsp3) is 0.733. The van der Waals surface area contributed by atoms with Crippen molar-refractivity contribution in [2.45, 2.75) is 46.2 Å². The van der Waals surface area contributed by atoms with Gasteiger partial charge in [0.2, 0.25) is 0 Å². The van der Waals surface area contributed by atoms with E-state index in [9.17, 15) is 0 Å². The Morgan fingerprint density at radius 2 is 1.94 bits per heavy atom. The summed E-state index contributed by atoms with van der Waals surface area (Å²) in [6.07, 6.45) is 2.76. The lowest BCUT2D eigenvalue weighted by Crippen LogP contribution is -2.37. The van der Waals surface area contributed by atoms with E-state index in [0.717, 1.165) is 6.54 Å². The molecule has 3 heteroatoms. The molecular weight excluding hydrogens is 222 g/mol. The van der Waals surface area contributed by atoms with Crippen LogP contribution in [0.2, 0.25) is 0 Å². The highest BCUT2D eigenvalue weighted by molar-refractivity contribution is 5.26. The lowest BCUT2D eigenvalue weighted by Gasteiger charge is -2.21. The van der Waals surface area contributed by atoms with Crippen molar-refractivity contribution in [3.63, 3.8) is 0 Å². The van der Waals surface area contributed by atoms with Crippen molar-refractivity contribution >= 4 is 0 Å². The van der Waals surface area contributed by atoms with Crippen LogP contribution in [-0.2, 0) is 13.6 Å². The molecule has 0 amide bonds. The van der Waals surface area contributed by atoms with Crippen LogP contribution in [0.15, 0.2) is 6.07 Å². The van der Waals surface area contributed by atoms with E-state index in [1.807, 2.05) is 0 Å². The van der Waals surface area contributed by atoms with Crippen molar-refractivity contribution in [2.24, 2.45) is 7.05 Å². The Kier molecular flexibility index (Phi) is 4.46. The summed E-state index contributed by atoms with van der Waals surface area (Å²) in [4.78, 5) is 2.57. The highest BCUT2D eigenvalue weighted by atomic mass is 15.2. The highest BCUT2D eigenvalue weighted by Crippen LogP contribution is 2.13. The normalized spacial score (nSPS) is 18.4. The molecule has 102 valence electrons. The van der Waals surface area contributed by atoms with Crippen molar-refractivity contribution in [3.05, 3.63) is 23.0 Å². The maximum Gasteiger partial charge on any atom is 0.0226 e. The molecule has 0 aliphatic carbocycles. The first-order chi connectivity index (χ1) is 8.58. The zero-order valence-corrected chi connectivity index (χ0v) is 12.3. The van der Waals surface area contributed by atoms with Gasteiger partial charge in [-0.3, -0.25) is 0 Å². The van der Waals surface area contributed by atoms with E-state index in [0.29, 0.717) is 6.04 Å². The fourth-order valence-electron chi connectivity index (χ4n) is 2.81. The number of nitrogens with one attached hydrogen (secondary N) is 1. The molecule has 1 aromatic rings. The number of aryl methyl sites for hydroxylation is 1. The molecule has 1 aliphatic rings. The Morgan fingerprint density at radius 3 is 2.50 bits per heavy atom. The molecule has 1 N–H and O–H groups in total. The molecule has 1 atom stereocenters. The van der Waals surface area contributed by atoms with Crippen LogP contribution in [0.25, 0.3) is 0 Å². The van der Waals surface area contributed by atoms with E-state index in [-0.39, 0.29) is 0 Å². The summed E-state index contributed by atoms with van der Waals surface area (Å²) in [6.45, 7) is 11.4. The number of likely N-dealkylation sites (tertiary alicyclic amines) is 1. The third kappa shape index (κ3) is 3.15. The van der Waals surface area contributed by atoms with Gasteiger partial charge in [0.15, 0.2) is 0 Å². The molecule has 3 nitrogen and oxygen atoms in total. The average molecular weight is 249 g/mol. The average Bonchev–Trinajstić information content (AvgIpc) is 2.92. The topological polar surface area (TPSA) is 20.2 Å². The summed E-state index contributed by atoms with van der Waals surface area (Å²) in [6, 6.07) is 2.87. The molecule has 2 rings (SSSR count). The molecule has 0 saturated carbocycles. The van der Waals surface area contributed by atoms with Crippen molar-refractivity contribution in [1.29, 1.82) is 0 Å². The van der Waals surface area contributed by atoms with Gasteiger partial charge in [-0.05, 0) is 58.3 Å². The van der Waals surface area contributed by atoms with Crippen molar-refractivity contribution in [3.8, 4) is 0 Å². The maximum atomic E-state index is 3.65. The predicted molar refractivity (Wildman–Crippen MR) is 76.9 cm³/mol. The monoisotopic (exact) mass is 249 g/mol. The second-order valence-electron chi connectivity index (χ2n) is 5.75. The molecule has 1 saturated heterocycles. The summed E-state index contributed by atoms with van der Waals surface area (Å²) in [5.74, 6) is 0. The Bertz CT molecular complexity index is 389. The fourth-order valence-corrected chi connectivity index (χ4v) is 2.81. The summed E-state index contributed by atoms with van der Waals surface area (Å²) in [5.41, 5.74) is 4.16. The second-order valence-corrected chi connectivity index (χ2v) is 5.75. The molecule has 1 aliphatic heterocycles. The molecule has 0 bridgehead atoms. The smallest absolute Gasteiger partial charge is 0.0226 e. The van der Waals surface area contributed by atoms with Crippen LogP contribution in [-0.4, -0.2) is 35.1 Å². The van der Waals surface area contributed by atoms with Crippen LogP contribution in [0.3, 0.4) is 0 Å². The number of hydrogen-bond acceptors (Lipinski definition) is 2. The Morgan fingerprint density at radius 1 is 1.28 bits per heavy atom. The first-order valence-corrected chi connectivity index (χ1v) is 7.15. The van der Waals surface area contributed by atoms with E-state index < -0.39 is 0 Å². The molecule has 0 aromatic carbocycles. The molecule has 1 fully saturated rings. The van der Waals surface area contributed by atoms with Crippen LogP contribution < -0.4 is 5.32 Å². The standard InChI is InChI=1S/C15H27N3/c1-12(11-18-7-5-6-8-18)16-10-15-9-13(2)17(4)14(15)3/h9,12,16H,5-8,10-11H2,1-4H3. The van der Waals surface area contributed by atoms with Crippen molar-refractivity contribution in [2.75, 3.05) is 19.6 Å². The molecular formula is C15H27N3. The van der Waals surface area contributed by atoms with Gasteiger partial charge in [0, 0.05) is 37.6 Å². The second kappa shape index (κ2) is 5.89. The van der Waals surface area contributed by atoms with E-state index >= 15 is 0 Å². The highest BCUT2D eigenvalue weighted by Gasteiger charge is 2.14. The summed E-state index contributed by atoms with van der Waals surface area (Å²) < 4.78 is 2.27. The van der Waals surface area contributed by atoms with Gasteiger partial charge < -0.3 is 14.8 Å². The number of rotatable bonds is 5. The van der Waals surface area contributed by atoms with Gasteiger partial charge in [0.05, 0.1) is 0 Å². The Balaban J connectivity index is 1.81. The minimum absolute atomic E-state index is 0.572. The maximum absolute atomic E-state index is 3.65. The molecule has 1 unspecified atom stereocenters. The van der Waals surface area contributed by atoms with Crippen LogP contribution in [0.4, 0.5) is 0 Å². The van der Waals surface area contributed by atoms with Gasteiger partial charge in [-0.25, -0.2) is 0 Å². The first kappa shape index (κ1) is 13.6. The Hall–Kier alpha value is -0.800. The number of aromatic nitrogens is 1. The summed E-state index contributed by atoms with van der Waals surface area (Å²) in [5, 5.41) is 3.65. The number of nitrogens with zero attached hydrogens (tertiary/aromatic N) is 2. The molecule has 0 radical (unpaired) electrons. The van der Waals surface area contributed by atoms with Crippen molar-refractivity contribution in [1.82, 2.24) is 14.8 Å². The number of hydrogen-bond donors (Lipinski definition) is 1. The predicted octanol–water partition coefficient (Wildman–Crippen LogP) is 2.22. The largest absolute Gasteiger partial charge is 0.352 e. The minimum atomic E-state index is 0.572. The quantitative estimate of drug-likeness (QED) is 0.863. The van der Waals surface area contributed by atoms with E-state index in [1.165, 1.54) is 49.4 Å². The molecule has 18 heavy (non-hydrogen) atoms. The lowest BCUT2D eigenvalue weighted by atomic mass is 10.2. The van der Waals surface area contributed by atoms with Crippen molar-refractivity contribution < 1.29 is 0 Å². The van der Waals surface area contributed by atoms with E-state index in [1.54, 1.807) is 0 Å².